The lowest BCUT2D eigenvalue weighted by Gasteiger charge is -1.98. The van der Waals surface area contributed by atoms with Gasteiger partial charge in [0.15, 0.2) is 15.7 Å². The highest BCUT2D eigenvalue weighted by Crippen LogP contribution is 2.29. The lowest BCUT2D eigenvalue weighted by molar-refractivity contribution is 0.417. The molecular weight excluding hydrogens is 230 g/mol. The SMILES string of the molecule is O=S1(=O)CCC(c2noc(NC3CC3)n2)C1. The van der Waals surface area contributed by atoms with Crippen LogP contribution in [-0.2, 0) is 9.84 Å². The molecule has 0 bridgehead atoms. The molecule has 1 N–H and O–H groups in total. The minimum atomic E-state index is -2.89. The molecule has 0 aromatic carbocycles. The second-order valence-electron chi connectivity index (χ2n) is 4.48. The molecule has 1 aliphatic carbocycles. The van der Waals surface area contributed by atoms with E-state index in [-0.39, 0.29) is 17.4 Å². The minimum absolute atomic E-state index is 0.0940. The van der Waals surface area contributed by atoms with Gasteiger partial charge in [-0.15, -0.1) is 0 Å². The van der Waals surface area contributed by atoms with E-state index >= 15 is 0 Å². The predicted molar refractivity (Wildman–Crippen MR) is 57.0 cm³/mol. The van der Waals surface area contributed by atoms with E-state index in [2.05, 4.69) is 15.5 Å². The molecule has 88 valence electrons. The normalized spacial score (nSPS) is 28.1. The van der Waals surface area contributed by atoms with Crippen LogP contribution < -0.4 is 5.32 Å². The first-order valence-electron chi connectivity index (χ1n) is 5.43. The summed E-state index contributed by atoms with van der Waals surface area (Å²) in [5, 5.41) is 6.92. The average Bonchev–Trinajstić information content (AvgIpc) is 2.76. The second kappa shape index (κ2) is 3.44. The molecule has 0 radical (unpaired) electrons. The average molecular weight is 243 g/mol. The molecule has 16 heavy (non-hydrogen) atoms. The van der Waals surface area contributed by atoms with Crippen molar-refractivity contribution in [2.45, 2.75) is 31.2 Å². The first kappa shape index (κ1) is 10.1. The van der Waals surface area contributed by atoms with E-state index < -0.39 is 9.84 Å². The van der Waals surface area contributed by atoms with Gasteiger partial charge in [0.25, 0.3) is 0 Å². The summed E-state index contributed by atoms with van der Waals surface area (Å²) in [5.74, 6) is 0.806. The molecule has 7 heteroatoms. The molecule has 1 aliphatic heterocycles. The summed E-state index contributed by atoms with van der Waals surface area (Å²) in [5.41, 5.74) is 0. The van der Waals surface area contributed by atoms with Crippen LogP contribution in [0.2, 0.25) is 0 Å². The first-order valence-corrected chi connectivity index (χ1v) is 7.25. The van der Waals surface area contributed by atoms with Crippen LogP contribution in [0.4, 0.5) is 6.01 Å². The fraction of sp³-hybridized carbons (Fsp3) is 0.778. The summed E-state index contributed by atoms with van der Waals surface area (Å²) in [7, 11) is -2.89. The van der Waals surface area contributed by atoms with Crippen molar-refractivity contribution >= 4 is 15.9 Å². The van der Waals surface area contributed by atoms with Crippen LogP contribution in [0.15, 0.2) is 4.52 Å². The predicted octanol–water partition coefficient (Wildman–Crippen LogP) is 0.546. The molecule has 0 amide bonds. The third-order valence-electron chi connectivity index (χ3n) is 2.94. The number of rotatable bonds is 3. The van der Waals surface area contributed by atoms with E-state index in [1.54, 1.807) is 0 Å². The Morgan fingerprint density at radius 2 is 2.12 bits per heavy atom. The summed E-state index contributed by atoms with van der Waals surface area (Å²) in [6, 6.07) is 0.877. The maximum Gasteiger partial charge on any atom is 0.321 e. The van der Waals surface area contributed by atoms with Gasteiger partial charge in [0.05, 0.1) is 11.5 Å². The fourth-order valence-electron chi connectivity index (χ4n) is 1.86. The Morgan fingerprint density at radius 1 is 1.31 bits per heavy atom. The molecule has 1 unspecified atom stereocenters. The van der Waals surface area contributed by atoms with Crippen LogP contribution in [0, 0.1) is 0 Å². The number of sulfone groups is 1. The van der Waals surface area contributed by atoms with E-state index in [0.29, 0.717) is 24.3 Å². The summed E-state index contributed by atoms with van der Waals surface area (Å²) < 4.78 is 27.6. The largest absolute Gasteiger partial charge is 0.335 e. The van der Waals surface area contributed by atoms with Crippen LogP contribution in [0.3, 0.4) is 0 Å². The number of hydrogen-bond donors (Lipinski definition) is 1. The Bertz CT molecular complexity index is 492. The molecule has 1 aromatic rings. The van der Waals surface area contributed by atoms with Gasteiger partial charge in [-0.2, -0.15) is 4.98 Å². The topological polar surface area (TPSA) is 85.1 Å². The Labute approximate surface area is 93.3 Å². The van der Waals surface area contributed by atoms with Crippen molar-refractivity contribution in [3.8, 4) is 0 Å². The Morgan fingerprint density at radius 3 is 2.75 bits per heavy atom. The standard InChI is InChI=1S/C9H13N3O3S/c13-16(14)4-3-6(5-16)8-11-9(15-12-8)10-7-1-2-7/h6-7H,1-5H2,(H,10,11,12). The van der Waals surface area contributed by atoms with Crippen molar-refractivity contribution in [3.63, 3.8) is 0 Å². The number of aromatic nitrogens is 2. The van der Waals surface area contributed by atoms with Gasteiger partial charge in [-0.05, 0) is 19.3 Å². The minimum Gasteiger partial charge on any atom is -0.335 e. The molecule has 2 fully saturated rings. The van der Waals surface area contributed by atoms with E-state index in [0.717, 1.165) is 12.8 Å². The molecule has 1 aromatic heterocycles. The lowest BCUT2D eigenvalue weighted by Crippen LogP contribution is -2.05. The van der Waals surface area contributed by atoms with Crippen LogP contribution in [0.25, 0.3) is 0 Å². The van der Waals surface area contributed by atoms with Gasteiger partial charge in [-0.3, -0.25) is 0 Å². The smallest absolute Gasteiger partial charge is 0.321 e. The van der Waals surface area contributed by atoms with E-state index in [9.17, 15) is 8.42 Å². The highest BCUT2D eigenvalue weighted by atomic mass is 32.2. The molecule has 1 saturated heterocycles. The van der Waals surface area contributed by atoms with Gasteiger partial charge in [-0.25, -0.2) is 8.42 Å². The zero-order valence-corrected chi connectivity index (χ0v) is 9.53. The number of nitrogens with one attached hydrogen (secondary N) is 1. The van der Waals surface area contributed by atoms with Gasteiger partial charge in [0.1, 0.15) is 0 Å². The number of nitrogens with zero attached hydrogens (tertiary/aromatic N) is 2. The highest BCUT2D eigenvalue weighted by molar-refractivity contribution is 7.91. The first-order chi connectivity index (χ1) is 7.62. The van der Waals surface area contributed by atoms with Gasteiger partial charge in [-0.1, -0.05) is 5.16 Å². The van der Waals surface area contributed by atoms with Gasteiger partial charge in [0.2, 0.25) is 0 Å². The Hall–Kier alpha value is -1.11. The molecule has 0 spiro atoms. The van der Waals surface area contributed by atoms with Crippen LogP contribution in [0.5, 0.6) is 0 Å². The number of hydrogen-bond acceptors (Lipinski definition) is 6. The van der Waals surface area contributed by atoms with Gasteiger partial charge in [0, 0.05) is 12.0 Å². The third kappa shape index (κ3) is 2.04. The van der Waals surface area contributed by atoms with Crippen molar-refractivity contribution in [1.82, 2.24) is 10.1 Å². The van der Waals surface area contributed by atoms with Crippen LogP contribution in [-0.4, -0.2) is 36.1 Å². The summed E-state index contributed by atoms with van der Waals surface area (Å²) in [4.78, 5) is 4.18. The monoisotopic (exact) mass is 243 g/mol. The highest BCUT2D eigenvalue weighted by Gasteiger charge is 2.32. The lowest BCUT2D eigenvalue weighted by atomic mass is 10.1. The van der Waals surface area contributed by atoms with Crippen molar-refractivity contribution < 1.29 is 12.9 Å². The second-order valence-corrected chi connectivity index (χ2v) is 6.71. The maximum atomic E-state index is 11.3. The molecule has 2 aliphatic rings. The molecule has 2 heterocycles. The van der Waals surface area contributed by atoms with Crippen molar-refractivity contribution in [1.29, 1.82) is 0 Å². The summed E-state index contributed by atoms with van der Waals surface area (Å²) in [6.07, 6.45) is 2.87. The van der Waals surface area contributed by atoms with Gasteiger partial charge >= 0.3 is 6.01 Å². The third-order valence-corrected chi connectivity index (χ3v) is 4.71. The Kier molecular flexibility index (Phi) is 2.17. The van der Waals surface area contributed by atoms with Crippen molar-refractivity contribution in [2.75, 3.05) is 16.8 Å². The number of anilines is 1. The molecule has 1 atom stereocenters. The van der Waals surface area contributed by atoms with Crippen molar-refractivity contribution in [2.24, 2.45) is 0 Å². The summed E-state index contributed by atoms with van der Waals surface area (Å²) >= 11 is 0. The Balaban J connectivity index is 1.72. The van der Waals surface area contributed by atoms with Gasteiger partial charge < -0.3 is 9.84 Å². The molecule has 3 rings (SSSR count). The van der Waals surface area contributed by atoms with E-state index in [4.69, 9.17) is 4.52 Å². The maximum absolute atomic E-state index is 11.3. The molecule has 1 saturated carbocycles. The zero-order valence-electron chi connectivity index (χ0n) is 8.72. The van der Waals surface area contributed by atoms with Crippen LogP contribution >= 0.6 is 0 Å². The van der Waals surface area contributed by atoms with Crippen molar-refractivity contribution in [3.05, 3.63) is 5.82 Å². The van der Waals surface area contributed by atoms with E-state index in [1.807, 2.05) is 0 Å². The molecular formula is C9H13N3O3S. The van der Waals surface area contributed by atoms with E-state index in [1.165, 1.54) is 0 Å². The van der Waals surface area contributed by atoms with Crippen LogP contribution in [0.1, 0.15) is 31.0 Å². The zero-order chi connectivity index (χ0) is 11.2. The molecule has 6 nitrogen and oxygen atoms in total. The summed E-state index contributed by atoms with van der Waals surface area (Å²) in [6.45, 7) is 0. The fourth-order valence-corrected chi connectivity index (χ4v) is 3.60. The quantitative estimate of drug-likeness (QED) is 0.834.